The second kappa shape index (κ2) is 12.3. The predicted molar refractivity (Wildman–Crippen MR) is 222 cm³/mol. The molecule has 252 valence electrons. The zero-order chi connectivity index (χ0) is 35.5. The monoisotopic (exact) mass is 679 g/mol. The Balaban J connectivity index is 1.27. The van der Waals surface area contributed by atoms with Gasteiger partial charge in [0.15, 0.2) is 0 Å². The van der Waals surface area contributed by atoms with Crippen LogP contribution in [0.15, 0.2) is 192 Å². The Labute approximate surface area is 310 Å². The standard InChI is InChI=1S/C51H37NO/c1-51(2)44-25-11-9-23-41(44)42-28-27-40(33-45(42)51)52(39-22-14-20-37(32-39)35-17-7-4-8-18-35)46-29-30-48-50(43-24-10-12-26-47(43)53-48)49(46)38-21-13-19-36(31-38)34-15-5-3-6-16-34/h3-33H,1-2H3. The summed E-state index contributed by atoms with van der Waals surface area (Å²) >= 11 is 0. The van der Waals surface area contributed by atoms with Crippen molar-refractivity contribution < 1.29 is 4.42 Å². The van der Waals surface area contributed by atoms with E-state index in [2.05, 4.69) is 201 Å². The van der Waals surface area contributed by atoms with Gasteiger partial charge in [0.1, 0.15) is 11.2 Å². The lowest BCUT2D eigenvalue weighted by Gasteiger charge is -2.30. The highest BCUT2D eigenvalue weighted by Gasteiger charge is 2.36. The second-order valence-electron chi connectivity index (χ2n) is 14.5. The first kappa shape index (κ1) is 31.1. The molecule has 53 heavy (non-hydrogen) atoms. The topological polar surface area (TPSA) is 16.4 Å². The minimum atomic E-state index is -0.142. The molecule has 0 atom stereocenters. The molecule has 0 radical (unpaired) electrons. The summed E-state index contributed by atoms with van der Waals surface area (Å²) in [6.07, 6.45) is 0. The van der Waals surface area contributed by atoms with Gasteiger partial charge in [0.25, 0.3) is 0 Å². The van der Waals surface area contributed by atoms with E-state index in [0.29, 0.717) is 0 Å². The van der Waals surface area contributed by atoms with Crippen molar-refractivity contribution in [3.8, 4) is 44.5 Å². The third-order valence-corrected chi connectivity index (χ3v) is 11.1. The van der Waals surface area contributed by atoms with Gasteiger partial charge in [-0.1, -0.05) is 153 Å². The highest BCUT2D eigenvalue weighted by atomic mass is 16.3. The average molecular weight is 680 g/mol. The van der Waals surface area contributed by atoms with Crippen LogP contribution >= 0.6 is 0 Å². The van der Waals surface area contributed by atoms with Crippen molar-refractivity contribution in [2.45, 2.75) is 19.3 Å². The van der Waals surface area contributed by atoms with Gasteiger partial charge in [-0.05, 0) is 98.6 Å². The molecule has 2 heteroatoms. The number of hydrogen-bond acceptors (Lipinski definition) is 2. The number of hydrogen-bond donors (Lipinski definition) is 0. The van der Waals surface area contributed by atoms with E-state index < -0.39 is 0 Å². The maximum Gasteiger partial charge on any atom is 0.136 e. The van der Waals surface area contributed by atoms with Crippen molar-refractivity contribution in [1.82, 2.24) is 0 Å². The summed E-state index contributed by atoms with van der Waals surface area (Å²) in [5.41, 5.74) is 17.2. The quantitative estimate of drug-likeness (QED) is 0.174. The minimum Gasteiger partial charge on any atom is -0.456 e. The maximum absolute atomic E-state index is 6.56. The number of furan rings is 1. The molecule has 1 aliphatic rings. The van der Waals surface area contributed by atoms with E-state index in [1.54, 1.807) is 0 Å². The molecule has 1 aromatic heterocycles. The fourth-order valence-corrected chi connectivity index (χ4v) is 8.48. The summed E-state index contributed by atoms with van der Waals surface area (Å²) in [5.74, 6) is 0. The van der Waals surface area contributed by atoms with E-state index in [-0.39, 0.29) is 5.41 Å². The number of nitrogens with zero attached hydrogens (tertiary/aromatic N) is 1. The van der Waals surface area contributed by atoms with Crippen LogP contribution in [0.3, 0.4) is 0 Å². The van der Waals surface area contributed by atoms with Gasteiger partial charge in [-0.15, -0.1) is 0 Å². The van der Waals surface area contributed by atoms with Crippen LogP contribution in [-0.4, -0.2) is 0 Å². The zero-order valence-corrected chi connectivity index (χ0v) is 29.8. The Morgan fingerprint density at radius 2 is 1.02 bits per heavy atom. The first-order valence-corrected chi connectivity index (χ1v) is 18.3. The summed E-state index contributed by atoms with van der Waals surface area (Å²) in [6.45, 7) is 4.71. The Bertz CT molecular complexity index is 2810. The molecule has 9 aromatic rings. The average Bonchev–Trinajstić information content (AvgIpc) is 3.71. The third-order valence-electron chi connectivity index (χ3n) is 11.1. The molecule has 0 amide bonds. The maximum atomic E-state index is 6.56. The molecular weight excluding hydrogens is 643 g/mol. The van der Waals surface area contributed by atoms with Gasteiger partial charge < -0.3 is 9.32 Å². The first-order valence-electron chi connectivity index (χ1n) is 18.3. The van der Waals surface area contributed by atoms with Crippen LogP contribution in [0.1, 0.15) is 25.0 Å². The van der Waals surface area contributed by atoms with Gasteiger partial charge in [-0.2, -0.15) is 0 Å². The predicted octanol–water partition coefficient (Wildman–Crippen LogP) is 14.4. The smallest absolute Gasteiger partial charge is 0.136 e. The molecule has 2 nitrogen and oxygen atoms in total. The summed E-state index contributed by atoms with van der Waals surface area (Å²) in [7, 11) is 0. The second-order valence-corrected chi connectivity index (χ2v) is 14.5. The largest absolute Gasteiger partial charge is 0.456 e. The summed E-state index contributed by atoms with van der Waals surface area (Å²) in [4.78, 5) is 2.46. The van der Waals surface area contributed by atoms with E-state index >= 15 is 0 Å². The molecule has 0 unspecified atom stereocenters. The molecule has 0 aliphatic heterocycles. The van der Waals surface area contributed by atoms with Crippen LogP contribution in [0.25, 0.3) is 66.4 Å². The molecule has 0 fully saturated rings. The van der Waals surface area contributed by atoms with Crippen molar-refractivity contribution in [2.75, 3.05) is 4.90 Å². The van der Waals surface area contributed by atoms with Gasteiger partial charge in [-0.25, -0.2) is 0 Å². The minimum absolute atomic E-state index is 0.142. The van der Waals surface area contributed by atoms with Crippen molar-refractivity contribution in [3.63, 3.8) is 0 Å². The van der Waals surface area contributed by atoms with Crippen molar-refractivity contribution >= 4 is 39.0 Å². The van der Waals surface area contributed by atoms with Crippen molar-refractivity contribution in [1.29, 1.82) is 0 Å². The Morgan fingerprint density at radius 1 is 0.415 bits per heavy atom. The molecule has 10 rings (SSSR count). The highest BCUT2D eigenvalue weighted by Crippen LogP contribution is 2.52. The summed E-state index contributed by atoms with van der Waals surface area (Å²) < 4.78 is 6.56. The van der Waals surface area contributed by atoms with E-state index in [0.717, 1.165) is 50.1 Å². The van der Waals surface area contributed by atoms with Gasteiger partial charge >= 0.3 is 0 Å². The van der Waals surface area contributed by atoms with Crippen LogP contribution in [0, 0.1) is 0 Å². The van der Waals surface area contributed by atoms with E-state index in [1.807, 2.05) is 6.07 Å². The molecule has 0 spiro atoms. The molecule has 0 bridgehead atoms. The van der Waals surface area contributed by atoms with Crippen LogP contribution in [-0.2, 0) is 5.41 Å². The lowest BCUT2D eigenvalue weighted by molar-refractivity contribution is 0.660. The number of fused-ring (bicyclic) bond motifs is 6. The number of rotatable bonds is 6. The van der Waals surface area contributed by atoms with Gasteiger partial charge in [0, 0.05) is 33.1 Å². The van der Waals surface area contributed by atoms with Crippen LogP contribution < -0.4 is 4.90 Å². The Morgan fingerprint density at radius 3 is 1.81 bits per heavy atom. The van der Waals surface area contributed by atoms with Crippen molar-refractivity contribution in [3.05, 3.63) is 199 Å². The molecule has 1 heterocycles. The normalized spacial score (nSPS) is 12.9. The molecule has 8 aromatic carbocycles. The summed E-state index contributed by atoms with van der Waals surface area (Å²) in [6, 6.07) is 67.9. The van der Waals surface area contributed by atoms with Crippen LogP contribution in [0.5, 0.6) is 0 Å². The number of benzene rings is 8. The Kier molecular flexibility index (Phi) is 7.19. The highest BCUT2D eigenvalue weighted by molar-refractivity contribution is 6.16. The summed E-state index contributed by atoms with van der Waals surface area (Å²) in [5, 5.41) is 2.22. The van der Waals surface area contributed by atoms with Gasteiger partial charge in [0.2, 0.25) is 0 Å². The van der Waals surface area contributed by atoms with Gasteiger partial charge in [0.05, 0.1) is 5.69 Å². The SMILES string of the molecule is CC1(C)c2ccccc2-c2ccc(N(c3cccc(-c4ccccc4)c3)c3ccc4oc5ccccc5c4c3-c3cccc(-c4ccccc4)c3)cc21. The van der Waals surface area contributed by atoms with Crippen molar-refractivity contribution in [2.24, 2.45) is 0 Å². The lowest BCUT2D eigenvalue weighted by atomic mass is 9.82. The first-order chi connectivity index (χ1) is 26.0. The Hall–Kier alpha value is -6.64. The van der Waals surface area contributed by atoms with Crippen LogP contribution in [0.2, 0.25) is 0 Å². The molecule has 1 aliphatic carbocycles. The molecule has 0 saturated carbocycles. The van der Waals surface area contributed by atoms with Crippen LogP contribution in [0.4, 0.5) is 17.1 Å². The molecular formula is C51H37NO. The zero-order valence-electron chi connectivity index (χ0n) is 29.8. The van der Waals surface area contributed by atoms with E-state index in [1.165, 1.54) is 44.5 Å². The van der Waals surface area contributed by atoms with E-state index in [4.69, 9.17) is 4.42 Å². The van der Waals surface area contributed by atoms with Gasteiger partial charge in [-0.3, -0.25) is 0 Å². The third kappa shape index (κ3) is 5.10. The fourth-order valence-electron chi connectivity index (χ4n) is 8.48. The molecule has 0 N–H and O–H groups in total. The van der Waals surface area contributed by atoms with E-state index in [9.17, 15) is 0 Å². The number of anilines is 3. The number of para-hydroxylation sites is 1. The lowest BCUT2D eigenvalue weighted by Crippen LogP contribution is -2.17. The fraction of sp³-hybridized carbons (Fsp3) is 0.0588. The molecule has 0 saturated heterocycles.